The van der Waals surface area contributed by atoms with Crippen LogP contribution in [0.3, 0.4) is 0 Å². The SMILES string of the molecule is Cc1nc2ccc(NC(=O)CC[C@@H]3NC(=O)c4ccccc4NC3=O)cc2[nH]1. The summed E-state index contributed by atoms with van der Waals surface area (Å²) in [6.07, 6.45) is 0.289. The Morgan fingerprint density at radius 2 is 2.00 bits per heavy atom. The van der Waals surface area contributed by atoms with Gasteiger partial charge in [0.2, 0.25) is 11.8 Å². The van der Waals surface area contributed by atoms with Gasteiger partial charge in [0, 0.05) is 12.1 Å². The van der Waals surface area contributed by atoms with E-state index in [0.717, 1.165) is 16.9 Å². The second-order valence-corrected chi connectivity index (χ2v) is 6.70. The van der Waals surface area contributed by atoms with Crippen molar-refractivity contribution in [2.45, 2.75) is 25.8 Å². The fraction of sp³-hybridized carbons (Fsp3) is 0.200. The van der Waals surface area contributed by atoms with Crippen molar-refractivity contribution in [2.24, 2.45) is 0 Å². The third-order valence-corrected chi connectivity index (χ3v) is 4.60. The van der Waals surface area contributed by atoms with Crippen LogP contribution in [-0.4, -0.2) is 33.7 Å². The summed E-state index contributed by atoms with van der Waals surface area (Å²) >= 11 is 0. The van der Waals surface area contributed by atoms with Crippen molar-refractivity contribution in [3.63, 3.8) is 0 Å². The largest absolute Gasteiger partial charge is 0.342 e. The third-order valence-electron chi connectivity index (χ3n) is 4.60. The molecule has 0 fully saturated rings. The van der Waals surface area contributed by atoms with Gasteiger partial charge in [-0.3, -0.25) is 14.4 Å². The van der Waals surface area contributed by atoms with E-state index >= 15 is 0 Å². The lowest BCUT2D eigenvalue weighted by Crippen LogP contribution is -2.41. The fourth-order valence-electron chi connectivity index (χ4n) is 3.23. The average molecular weight is 377 g/mol. The van der Waals surface area contributed by atoms with Crippen LogP contribution >= 0.6 is 0 Å². The highest BCUT2D eigenvalue weighted by Crippen LogP contribution is 2.20. The molecule has 0 saturated heterocycles. The zero-order chi connectivity index (χ0) is 19.7. The van der Waals surface area contributed by atoms with Gasteiger partial charge in [-0.1, -0.05) is 12.1 Å². The Labute approximate surface area is 160 Å². The summed E-state index contributed by atoms with van der Waals surface area (Å²) in [6.45, 7) is 1.86. The Bertz CT molecular complexity index is 1090. The quantitative estimate of drug-likeness (QED) is 0.558. The number of carbonyl (C=O) groups excluding carboxylic acids is 3. The van der Waals surface area contributed by atoms with Gasteiger partial charge in [0.25, 0.3) is 5.91 Å². The zero-order valence-corrected chi connectivity index (χ0v) is 15.2. The number of aryl methyl sites for hydroxylation is 1. The maximum absolute atomic E-state index is 12.4. The van der Waals surface area contributed by atoms with Gasteiger partial charge in [-0.2, -0.15) is 0 Å². The molecule has 3 amide bonds. The van der Waals surface area contributed by atoms with E-state index in [9.17, 15) is 14.4 Å². The van der Waals surface area contributed by atoms with Crippen LogP contribution in [0.4, 0.5) is 11.4 Å². The minimum Gasteiger partial charge on any atom is -0.342 e. The first-order chi connectivity index (χ1) is 13.5. The number of H-pyrrole nitrogens is 1. The second-order valence-electron chi connectivity index (χ2n) is 6.70. The Hall–Kier alpha value is -3.68. The van der Waals surface area contributed by atoms with Gasteiger partial charge < -0.3 is 20.9 Å². The maximum Gasteiger partial charge on any atom is 0.254 e. The average Bonchev–Trinajstić information content (AvgIpc) is 2.98. The number of nitrogens with one attached hydrogen (secondary N) is 4. The normalized spacial score (nSPS) is 16.1. The molecule has 4 N–H and O–H groups in total. The van der Waals surface area contributed by atoms with Gasteiger partial charge >= 0.3 is 0 Å². The third kappa shape index (κ3) is 3.57. The van der Waals surface area contributed by atoms with Gasteiger partial charge in [-0.25, -0.2) is 4.98 Å². The fourth-order valence-corrected chi connectivity index (χ4v) is 3.23. The minimum atomic E-state index is -0.775. The van der Waals surface area contributed by atoms with Gasteiger partial charge in [-0.15, -0.1) is 0 Å². The van der Waals surface area contributed by atoms with E-state index in [-0.39, 0.29) is 30.6 Å². The lowest BCUT2D eigenvalue weighted by molar-refractivity contribution is -0.118. The Balaban J connectivity index is 1.38. The molecule has 8 heteroatoms. The van der Waals surface area contributed by atoms with Crippen LogP contribution in [0.5, 0.6) is 0 Å². The molecule has 4 rings (SSSR count). The molecular formula is C20H19N5O3. The standard InChI is InChI=1S/C20H19N5O3/c1-11-21-15-7-6-12(10-17(15)22-11)23-18(26)9-8-16-20(28)24-14-5-3-2-4-13(14)19(27)25-16/h2-7,10,16H,8-9H2,1H3,(H,21,22)(H,23,26)(H,24,28)(H,25,27)/t16-/m0/s1. The van der Waals surface area contributed by atoms with Crippen LogP contribution in [0.2, 0.25) is 0 Å². The van der Waals surface area contributed by atoms with Crippen molar-refractivity contribution in [1.29, 1.82) is 0 Å². The van der Waals surface area contributed by atoms with Gasteiger partial charge in [0.15, 0.2) is 0 Å². The first-order valence-corrected chi connectivity index (χ1v) is 8.96. The molecule has 0 saturated carbocycles. The van der Waals surface area contributed by atoms with E-state index in [4.69, 9.17) is 0 Å². The molecule has 2 aromatic carbocycles. The monoisotopic (exact) mass is 377 g/mol. The number of anilines is 2. The number of benzene rings is 2. The molecule has 1 aromatic heterocycles. The van der Waals surface area contributed by atoms with Crippen LogP contribution < -0.4 is 16.0 Å². The lowest BCUT2D eigenvalue weighted by atomic mass is 10.1. The highest BCUT2D eigenvalue weighted by Gasteiger charge is 2.27. The molecule has 142 valence electrons. The molecule has 2 heterocycles. The van der Waals surface area contributed by atoms with Crippen molar-refractivity contribution in [1.82, 2.24) is 15.3 Å². The van der Waals surface area contributed by atoms with Gasteiger partial charge in [0.1, 0.15) is 11.9 Å². The number of aromatic amines is 1. The van der Waals surface area contributed by atoms with Crippen molar-refractivity contribution in [2.75, 3.05) is 10.6 Å². The van der Waals surface area contributed by atoms with Crippen molar-refractivity contribution in [3.05, 3.63) is 53.9 Å². The van der Waals surface area contributed by atoms with Crippen molar-refractivity contribution >= 4 is 40.1 Å². The summed E-state index contributed by atoms with van der Waals surface area (Å²) in [7, 11) is 0. The molecule has 28 heavy (non-hydrogen) atoms. The Kier molecular flexibility index (Phi) is 4.52. The smallest absolute Gasteiger partial charge is 0.254 e. The molecule has 1 aliphatic heterocycles. The van der Waals surface area contributed by atoms with Crippen LogP contribution in [0.25, 0.3) is 11.0 Å². The number of carbonyl (C=O) groups is 3. The molecule has 0 radical (unpaired) electrons. The summed E-state index contributed by atoms with van der Waals surface area (Å²) in [6, 6.07) is 11.4. The maximum atomic E-state index is 12.4. The van der Waals surface area contributed by atoms with Crippen LogP contribution in [0, 0.1) is 6.92 Å². The molecule has 3 aromatic rings. The molecular weight excluding hydrogens is 358 g/mol. The first kappa shape index (κ1) is 17.7. The molecule has 1 aliphatic rings. The minimum absolute atomic E-state index is 0.0920. The number of nitrogens with zero attached hydrogens (tertiary/aromatic N) is 1. The molecule has 0 bridgehead atoms. The van der Waals surface area contributed by atoms with E-state index in [0.29, 0.717) is 16.9 Å². The molecule has 0 unspecified atom stereocenters. The number of amides is 3. The van der Waals surface area contributed by atoms with E-state index in [1.54, 1.807) is 30.3 Å². The van der Waals surface area contributed by atoms with E-state index in [2.05, 4.69) is 25.9 Å². The molecule has 1 atom stereocenters. The highest BCUT2D eigenvalue weighted by atomic mass is 16.2. The van der Waals surface area contributed by atoms with Gasteiger partial charge in [0.05, 0.1) is 22.3 Å². The number of hydrogen-bond acceptors (Lipinski definition) is 4. The number of aromatic nitrogens is 2. The van der Waals surface area contributed by atoms with E-state index < -0.39 is 6.04 Å². The summed E-state index contributed by atoms with van der Waals surface area (Å²) < 4.78 is 0. The summed E-state index contributed by atoms with van der Waals surface area (Å²) in [5.41, 5.74) is 3.19. The zero-order valence-electron chi connectivity index (χ0n) is 15.2. The summed E-state index contributed by atoms with van der Waals surface area (Å²) in [5.74, 6) is -0.103. The molecule has 8 nitrogen and oxygen atoms in total. The predicted molar refractivity (Wildman–Crippen MR) is 105 cm³/mol. The highest BCUT2D eigenvalue weighted by molar-refractivity contribution is 6.10. The predicted octanol–water partition coefficient (Wildman–Crippen LogP) is 2.34. The number of imidazole rings is 1. The van der Waals surface area contributed by atoms with E-state index in [1.165, 1.54) is 0 Å². The lowest BCUT2D eigenvalue weighted by Gasteiger charge is -2.14. The molecule has 0 aliphatic carbocycles. The number of hydrogen-bond donors (Lipinski definition) is 4. The van der Waals surface area contributed by atoms with Gasteiger partial charge in [-0.05, 0) is 43.7 Å². The van der Waals surface area contributed by atoms with Crippen LogP contribution in [0.15, 0.2) is 42.5 Å². The number of para-hydroxylation sites is 1. The number of rotatable bonds is 4. The van der Waals surface area contributed by atoms with Crippen LogP contribution in [-0.2, 0) is 9.59 Å². The Morgan fingerprint density at radius 1 is 1.18 bits per heavy atom. The van der Waals surface area contributed by atoms with Crippen LogP contribution in [0.1, 0.15) is 29.0 Å². The summed E-state index contributed by atoms with van der Waals surface area (Å²) in [5, 5.41) is 8.23. The second kappa shape index (κ2) is 7.15. The number of fused-ring (bicyclic) bond motifs is 2. The Morgan fingerprint density at radius 3 is 2.86 bits per heavy atom. The first-order valence-electron chi connectivity index (χ1n) is 8.96. The van der Waals surface area contributed by atoms with Crippen molar-refractivity contribution < 1.29 is 14.4 Å². The van der Waals surface area contributed by atoms with Crippen molar-refractivity contribution in [3.8, 4) is 0 Å². The molecule has 0 spiro atoms. The topological polar surface area (TPSA) is 116 Å². The summed E-state index contributed by atoms with van der Waals surface area (Å²) in [4.78, 5) is 44.4. The van der Waals surface area contributed by atoms with E-state index in [1.807, 2.05) is 19.1 Å².